The molecule has 1 N–H and O–H groups in total. The summed E-state index contributed by atoms with van der Waals surface area (Å²) in [5, 5.41) is 2.93. The van der Waals surface area contributed by atoms with Gasteiger partial charge in [0.1, 0.15) is 5.75 Å². The molecule has 0 atom stereocenters. The van der Waals surface area contributed by atoms with Crippen molar-refractivity contribution in [3.63, 3.8) is 0 Å². The van der Waals surface area contributed by atoms with Crippen molar-refractivity contribution in [3.05, 3.63) is 78.9 Å². The lowest BCUT2D eigenvalue weighted by Gasteiger charge is -2.17. The van der Waals surface area contributed by atoms with Crippen LogP contribution < -0.4 is 15.0 Å². The Bertz CT molecular complexity index is 1040. The van der Waals surface area contributed by atoms with Crippen molar-refractivity contribution in [2.45, 2.75) is 22.6 Å². The topological polar surface area (TPSA) is 58.6 Å². The molecule has 0 radical (unpaired) electrons. The zero-order valence-electron chi connectivity index (χ0n) is 16.4. The molecule has 1 aliphatic heterocycles. The summed E-state index contributed by atoms with van der Waals surface area (Å²) in [6.07, 6.45) is 1.45. The molecule has 5 nitrogen and oxygen atoms in total. The van der Waals surface area contributed by atoms with Crippen LogP contribution in [0.4, 0.5) is 11.4 Å². The normalized spacial score (nSPS) is 13.3. The lowest BCUT2D eigenvalue weighted by Crippen LogP contribution is -2.24. The third kappa shape index (κ3) is 5.02. The molecule has 4 rings (SSSR count). The number of anilines is 2. The number of carbonyl (C=O) groups is 2. The smallest absolute Gasteiger partial charge is 0.262 e. The molecule has 3 aromatic rings. The van der Waals surface area contributed by atoms with E-state index in [0.717, 1.165) is 34.1 Å². The highest BCUT2D eigenvalue weighted by Crippen LogP contribution is 2.33. The fourth-order valence-corrected chi connectivity index (χ4v) is 4.19. The van der Waals surface area contributed by atoms with Gasteiger partial charge < -0.3 is 15.0 Å². The largest absolute Gasteiger partial charge is 0.484 e. The first-order chi connectivity index (χ1) is 14.7. The molecule has 6 heteroatoms. The van der Waals surface area contributed by atoms with E-state index in [-0.39, 0.29) is 18.4 Å². The molecule has 1 saturated heterocycles. The van der Waals surface area contributed by atoms with Crippen molar-refractivity contribution in [2.24, 2.45) is 0 Å². The minimum absolute atomic E-state index is 0.109. The van der Waals surface area contributed by atoms with Crippen LogP contribution in [0.2, 0.25) is 0 Å². The van der Waals surface area contributed by atoms with E-state index in [1.54, 1.807) is 28.8 Å². The number of hydrogen-bond donors (Lipinski definition) is 1. The molecule has 2 amide bonds. The molecule has 3 aromatic carbocycles. The van der Waals surface area contributed by atoms with E-state index >= 15 is 0 Å². The number of hydrogen-bond acceptors (Lipinski definition) is 4. The van der Waals surface area contributed by atoms with Crippen molar-refractivity contribution in [1.29, 1.82) is 0 Å². The van der Waals surface area contributed by atoms with Crippen molar-refractivity contribution in [1.82, 2.24) is 0 Å². The van der Waals surface area contributed by atoms with E-state index in [9.17, 15) is 9.59 Å². The van der Waals surface area contributed by atoms with Gasteiger partial charge in [-0.2, -0.15) is 0 Å². The van der Waals surface area contributed by atoms with Crippen LogP contribution in [0.3, 0.4) is 0 Å². The zero-order valence-corrected chi connectivity index (χ0v) is 17.2. The Morgan fingerprint density at radius 3 is 2.60 bits per heavy atom. The SMILES string of the molecule is O=C(COc1cccc(N2CCCC2=O)c1)Nc1ccccc1Sc1ccccc1. The third-order valence-electron chi connectivity index (χ3n) is 4.70. The van der Waals surface area contributed by atoms with Gasteiger partial charge in [0.25, 0.3) is 5.91 Å². The van der Waals surface area contributed by atoms with E-state index in [1.165, 1.54) is 0 Å². The van der Waals surface area contributed by atoms with E-state index in [4.69, 9.17) is 4.74 Å². The van der Waals surface area contributed by atoms with Crippen molar-refractivity contribution < 1.29 is 14.3 Å². The molecule has 0 aromatic heterocycles. The van der Waals surface area contributed by atoms with Crippen molar-refractivity contribution >= 4 is 35.0 Å². The molecule has 0 aliphatic carbocycles. The number of benzene rings is 3. The van der Waals surface area contributed by atoms with Gasteiger partial charge >= 0.3 is 0 Å². The molecular formula is C24H22N2O3S. The molecule has 152 valence electrons. The molecule has 1 aliphatic rings. The number of para-hydroxylation sites is 1. The Hall–Kier alpha value is -3.25. The third-order valence-corrected chi connectivity index (χ3v) is 5.79. The molecule has 1 heterocycles. The first-order valence-electron chi connectivity index (χ1n) is 9.84. The maximum absolute atomic E-state index is 12.5. The highest BCUT2D eigenvalue weighted by Gasteiger charge is 2.21. The van der Waals surface area contributed by atoms with Gasteiger partial charge in [-0.15, -0.1) is 0 Å². The maximum atomic E-state index is 12.5. The Balaban J connectivity index is 1.37. The van der Waals surface area contributed by atoms with Gasteiger partial charge in [0.2, 0.25) is 5.91 Å². The van der Waals surface area contributed by atoms with Crippen LogP contribution in [0.15, 0.2) is 88.7 Å². The minimum Gasteiger partial charge on any atom is -0.484 e. The quantitative estimate of drug-likeness (QED) is 0.588. The number of nitrogens with one attached hydrogen (secondary N) is 1. The molecule has 0 spiro atoms. The molecule has 0 unspecified atom stereocenters. The lowest BCUT2D eigenvalue weighted by atomic mass is 10.3. The summed E-state index contributed by atoms with van der Waals surface area (Å²) < 4.78 is 5.68. The summed E-state index contributed by atoms with van der Waals surface area (Å²) in [6, 6.07) is 25.0. The molecule has 1 fully saturated rings. The van der Waals surface area contributed by atoms with Gasteiger partial charge in [-0.25, -0.2) is 0 Å². The molecule has 0 saturated carbocycles. The van der Waals surface area contributed by atoms with Crippen LogP contribution in [0.5, 0.6) is 5.75 Å². The van der Waals surface area contributed by atoms with Crippen LogP contribution in [0, 0.1) is 0 Å². The van der Waals surface area contributed by atoms with Gasteiger partial charge in [-0.05, 0) is 42.8 Å². The van der Waals surface area contributed by atoms with Crippen LogP contribution in [-0.4, -0.2) is 25.0 Å². The minimum atomic E-state index is -0.237. The second-order valence-electron chi connectivity index (χ2n) is 6.89. The lowest BCUT2D eigenvalue weighted by molar-refractivity contribution is -0.118. The van der Waals surface area contributed by atoms with Crippen LogP contribution >= 0.6 is 11.8 Å². The summed E-state index contributed by atoms with van der Waals surface area (Å²) in [5.74, 6) is 0.450. The highest BCUT2D eigenvalue weighted by atomic mass is 32.2. The van der Waals surface area contributed by atoms with Crippen LogP contribution in [0.1, 0.15) is 12.8 Å². The van der Waals surface area contributed by atoms with Crippen molar-refractivity contribution in [3.8, 4) is 5.75 Å². The van der Waals surface area contributed by atoms with E-state index < -0.39 is 0 Å². The Morgan fingerprint density at radius 2 is 1.80 bits per heavy atom. The molecule has 30 heavy (non-hydrogen) atoms. The summed E-state index contributed by atoms with van der Waals surface area (Å²) in [6.45, 7) is 0.611. The average molecular weight is 419 g/mol. The first-order valence-corrected chi connectivity index (χ1v) is 10.7. The number of carbonyl (C=O) groups excluding carboxylic acids is 2. The van der Waals surface area contributed by atoms with Gasteiger partial charge in [0.05, 0.1) is 5.69 Å². The number of amides is 2. The predicted molar refractivity (Wildman–Crippen MR) is 119 cm³/mol. The predicted octanol–water partition coefficient (Wildman–Crippen LogP) is 4.98. The summed E-state index contributed by atoms with van der Waals surface area (Å²) in [4.78, 5) is 28.2. The average Bonchev–Trinajstić information content (AvgIpc) is 3.20. The summed E-state index contributed by atoms with van der Waals surface area (Å²) in [7, 11) is 0. The fourth-order valence-electron chi connectivity index (χ4n) is 3.27. The number of rotatable bonds is 7. The van der Waals surface area contributed by atoms with E-state index in [1.807, 2.05) is 66.7 Å². The number of nitrogens with zero attached hydrogens (tertiary/aromatic N) is 1. The van der Waals surface area contributed by atoms with Gasteiger partial charge in [-0.3, -0.25) is 9.59 Å². The van der Waals surface area contributed by atoms with Gasteiger partial charge in [-0.1, -0.05) is 48.2 Å². The first kappa shape index (κ1) is 20.0. The maximum Gasteiger partial charge on any atom is 0.262 e. The van der Waals surface area contributed by atoms with Crippen LogP contribution in [-0.2, 0) is 9.59 Å². The highest BCUT2D eigenvalue weighted by molar-refractivity contribution is 7.99. The second kappa shape index (κ2) is 9.50. The molecule has 0 bridgehead atoms. The summed E-state index contributed by atoms with van der Waals surface area (Å²) in [5.41, 5.74) is 1.55. The molecular weight excluding hydrogens is 396 g/mol. The van der Waals surface area contributed by atoms with E-state index in [0.29, 0.717) is 12.2 Å². The number of ether oxygens (including phenoxy) is 1. The van der Waals surface area contributed by atoms with E-state index in [2.05, 4.69) is 5.32 Å². The Kier molecular flexibility index (Phi) is 6.35. The monoisotopic (exact) mass is 418 g/mol. The zero-order chi connectivity index (χ0) is 20.8. The standard InChI is InChI=1S/C24H22N2O3S/c27-23(17-29-19-9-6-8-18(16-19)26-15-7-14-24(26)28)25-21-12-4-5-13-22(21)30-20-10-2-1-3-11-20/h1-6,8-13,16H,7,14-15,17H2,(H,25,27). The summed E-state index contributed by atoms with van der Waals surface area (Å²) >= 11 is 1.59. The van der Waals surface area contributed by atoms with Gasteiger partial charge in [0.15, 0.2) is 6.61 Å². The van der Waals surface area contributed by atoms with Crippen molar-refractivity contribution in [2.75, 3.05) is 23.4 Å². The Morgan fingerprint density at radius 1 is 1.00 bits per heavy atom. The second-order valence-corrected chi connectivity index (χ2v) is 8.01. The van der Waals surface area contributed by atoms with Crippen LogP contribution in [0.25, 0.3) is 0 Å². The van der Waals surface area contributed by atoms with Gasteiger partial charge in [0, 0.05) is 34.5 Å². The fraction of sp³-hybridized carbons (Fsp3) is 0.167. The Labute approximate surface area is 180 Å².